The second-order valence-electron chi connectivity index (χ2n) is 7.14. The van der Waals surface area contributed by atoms with E-state index in [1.807, 2.05) is 18.2 Å². The normalized spacial score (nSPS) is 15.9. The molecule has 1 fully saturated rings. The lowest BCUT2D eigenvalue weighted by atomic mass is 10.1. The Bertz CT molecular complexity index is 1010. The first-order valence-corrected chi connectivity index (χ1v) is 11.8. The lowest BCUT2D eigenvalue weighted by molar-refractivity contribution is 0.174. The lowest BCUT2D eigenvalue weighted by Crippen LogP contribution is -2.48. The number of nitrogens with zero attached hydrogens (tertiary/aromatic N) is 2. The van der Waals surface area contributed by atoms with Crippen LogP contribution in [0.3, 0.4) is 0 Å². The number of rotatable bonds is 4. The van der Waals surface area contributed by atoms with Gasteiger partial charge < -0.3 is 10.2 Å². The van der Waals surface area contributed by atoms with Gasteiger partial charge in [-0.25, -0.2) is 21.9 Å². The van der Waals surface area contributed by atoms with E-state index in [2.05, 4.69) is 21.2 Å². The predicted molar refractivity (Wildman–Crippen MR) is 116 cm³/mol. The summed E-state index contributed by atoms with van der Waals surface area (Å²) in [5, 5.41) is 2.87. The Kier molecular flexibility index (Phi) is 6.60. The van der Waals surface area contributed by atoms with Crippen LogP contribution < -0.4 is 5.32 Å². The largest absolute Gasteiger partial charge is 0.325 e. The molecule has 29 heavy (non-hydrogen) atoms. The van der Waals surface area contributed by atoms with Gasteiger partial charge in [-0.3, -0.25) is 0 Å². The second-order valence-corrected chi connectivity index (χ2v) is 9.98. The molecule has 0 aromatic heterocycles. The van der Waals surface area contributed by atoms with Crippen molar-refractivity contribution < 1.29 is 17.6 Å². The van der Waals surface area contributed by atoms with E-state index in [4.69, 9.17) is 0 Å². The SMILES string of the molecule is CN(C(=O)Nc1ccc(-c2cccc(F)c2)cc1Br)C1CCN(S(C)(=O)=O)CC1. The molecule has 0 radical (unpaired) electrons. The van der Waals surface area contributed by atoms with Crippen LogP contribution in [0.15, 0.2) is 46.9 Å². The molecular formula is C20H23BrFN3O3S. The summed E-state index contributed by atoms with van der Waals surface area (Å²) in [6, 6.07) is 11.4. The van der Waals surface area contributed by atoms with Gasteiger partial charge in [-0.1, -0.05) is 18.2 Å². The van der Waals surface area contributed by atoms with Crippen LogP contribution in [-0.2, 0) is 10.0 Å². The molecule has 2 aromatic carbocycles. The van der Waals surface area contributed by atoms with Crippen LogP contribution in [0.25, 0.3) is 11.1 Å². The number of sulfonamides is 1. The number of hydrogen-bond acceptors (Lipinski definition) is 3. The summed E-state index contributed by atoms with van der Waals surface area (Å²) in [6.07, 6.45) is 2.39. The maximum Gasteiger partial charge on any atom is 0.321 e. The van der Waals surface area contributed by atoms with Gasteiger partial charge in [-0.15, -0.1) is 0 Å². The van der Waals surface area contributed by atoms with Crippen LogP contribution >= 0.6 is 15.9 Å². The fourth-order valence-electron chi connectivity index (χ4n) is 3.39. The van der Waals surface area contributed by atoms with E-state index >= 15 is 0 Å². The minimum absolute atomic E-state index is 0.0293. The highest BCUT2D eigenvalue weighted by molar-refractivity contribution is 9.10. The zero-order chi connectivity index (χ0) is 21.2. The Balaban J connectivity index is 1.64. The number of halogens is 2. The van der Waals surface area contributed by atoms with Gasteiger partial charge in [0.15, 0.2) is 0 Å². The lowest BCUT2D eigenvalue weighted by Gasteiger charge is -2.35. The predicted octanol–water partition coefficient (Wildman–Crippen LogP) is 4.14. The van der Waals surface area contributed by atoms with E-state index in [0.717, 1.165) is 11.1 Å². The van der Waals surface area contributed by atoms with Crippen molar-refractivity contribution in [3.8, 4) is 11.1 Å². The molecule has 0 aliphatic carbocycles. The maximum absolute atomic E-state index is 13.4. The molecule has 0 unspecified atom stereocenters. The highest BCUT2D eigenvalue weighted by Gasteiger charge is 2.29. The van der Waals surface area contributed by atoms with Crippen molar-refractivity contribution in [2.45, 2.75) is 18.9 Å². The summed E-state index contributed by atoms with van der Waals surface area (Å²) in [5.41, 5.74) is 2.18. The standard InChI is InChI=1S/C20H23BrFN3O3S/c1-24(17-8-10-25(11-9-17)29(2,27)28)20(26)23-19-7-6-15(13-18(19)21)14-4-3-5-16(22)12-14/h3-7,12-13,17H,8-11H2,1-2H3,(H,23,26). The van der Waals surface area contributed by atoms with Gasteiger partial charge in [0.1, 0.15) is 5.82 Å². The van der Waals surface area contributed by atoms with Gasteiger partial charge in [0.2, 0.25) is 10.0 Å². The number of carbonyl (C=O) groups excluding carboxylic acids is 1. The minimum atomic E-state index is -3.19. The summed E-state index contributed by atoms with van der Waals surface area (Å²) in [7, 11) is -1.48. The average molecular weight is 484 g/mol. The molecule has 1 aliphatic rings. The van der Waals surface area contributed by atoms with Crippen LogP contribution in [0.2, 0.25) is 0 Å². The van der Waals surface area contributed by atoms with Gasteiger partial charge >= 0.3 is 6.03 Å². The summed E-state index contributed by atoms with van der Waals surface area (Å²) in [5.74, 6) is -0.306. The number of anilines is 1. The third-order valence-electron chi connectivity index (χ3n) is 5.13. The van der Waals surface area contributed by atoms with Crippen LogP contribution in [0, 0.1) is 5.82 Å². The Hall–Kier alpha value is -1.97. The summed E-state index contributed by atoms with van der Waals surface area (Å²) < 4.78 is 38.8. The van der Waals surface area contributed by atoms with Crippen LogP contribution in [0.5, 0.6) is 0 Å². The molecule has 0 saturated carbocycles. The van der Waals surface area contributed by atoms with Crippen LogP contribution in [0.4, 0.5) is 14.9 Å². The second kappa shape index (κ2) is 8.81. The molecule has 156 valence electrons. The van der Waals surface area contributed by atoms with Crippen molar-refractivity contribution in [2.24, 2.45) is 0 Å². The molecule has 1 heterocycles. The fourth-order valence-corrected chi connectivity index (χ4v) is 4.75. The first-order chi connectivity index (χ1) is 13.6. The number of amides is 2. The summed E-state index contributed by atoms with van der Waals surface area (Å²) >= 11 is 3.47. The number of carbonyl (C=O) groups is 1. The molecule has 0 bridgehead atoms. The quantitative estimate of drug-likeness (QED) is 0.709. The van der Waals surface area contributed by atoms with E-state index in [9.17, 15) is 17.6 Å². The van der Waals surface area contributed by atoms with Gasteiger partial charge in [-0.2, -0.15) is 0 Å². The fraction of sp³-hybridized carbons (Fsp3) is 0.350. The van der Waals surface area contributed by atoms with Gasteiger partial charge in [0, 0.05) is 30.7 Å². The number of piperidine rings is 1. The average Bonchev–Trinajstić information content (AvgIpc) is 2.68. The first-order valence-electron chi connectivity index (χ1n) is 9.19. The highest BCUT2D eigenvalue weighted by Crippen LogP contribution is 2.30. The third-order valence-corrected chi connectivity index (χ3v) is 7.09. The smallest absolute Gasteiger partial charge is 0.321 e. The first kappa shape index (κ1) is 21.7. The molecule has 0 atom stereocenters. The van der Waals surface area contributed by atoms with Crippen molar-refractivity contribution in [3.63, 3.8) is 0 Å². The number of hydrogen-bond donors (Lipinski definition) is 1. The molecule has 1 saturated heterocycles. The third kappa shape index (κ3) is 5.34. The molecule has 3 rings (SSSR count). The summed E-state index contributed by atoms with van der Waals surface area (Å²) in [6.45, 7) is 0.820. The molecule has 1 N–H and O–H groups in total. The maximum atomic E-state index is 13.4. The van der Waals surface area contributed by atoms with E-state index in [1.54, 1.807) is 24.1 Å². The van der Waals surface area contributed by atoms with Gasteiger partial charge in [0.25, 0.3) is 0 Å². The summed E-state index contributed by atoms with van der Waals surface area (Å²) in [4.78, 5) is 14.3. The van der Waals surface area contributed by atoms with Crippen molar-refractivity contribution in [1.82, 2.24) is 9.21 Å². The van der Waals surface area contributed by atoms with E-state index in [0.29, 0.717) is 36.1 Å². The molecule has 1 aliphatic heterocycles. The highest BCUT2D eigenvalue weighted by atomic mass is 79.9. The van der Waals surface area contributed by atoms with Crippen molar-refractivity contribution in [2.75, 3.05) is 31.7 Å². The zero-order valence-corrected chi connectivity index (χ0v) is 18.6. The van der Waals surface area contributed by atoms with Crippen molar-refractivity contribution >= 4 is 37.7 Å². The van der Waals surface area contributed by atoms with Gasteiger partial charge in [0.05, 0.1) is 11.9 Å². The van der Waals surface area contributed by atoms with Crippen molar-refractivity contribution in [1.29, 1.82) is 0 Å². The number of nitrogens with one attached hydrogen (secondary N) is 1. The monoisotopic (exact) mass is 483 g/mol. The van der Waals surface area contributed by atoms with Crippen LogP contribution in [0.1, 0.15) is 12.8 Å². The van der Waals surface area contributed by atoms with E-state index < -0.39 is 10.0 Å². The zero-order valence-electron chi connectivity index (χ0n) is 16.2. The Labute approximate surface area is 178 Å². The topological polar surface area (TPSA) is 69.7 Å². The number of benzene rings is 2. The Morgan fingerprint density at radius 2 is 1.83 bits per heavy atom. The minimum Gasteiger partial charge on any atom is -0.325 e. The Morgan fingerprint density at radius 3 is 2.41 bits per heavy atom. The van der Waals surface area contributed by atoms with Crippen molar-refractivity contribution in [3.05, 3.63) is 52.8 Å². The van der Waals surface area contributed by atoms with E-state index in [1.165, 1.54) is 22.7 Å². The van der Waals surface area contributed by atoms with Gasteiger partial charge in [-0.05, 0) is 64.2 Å². The molecule has 6 nitrogen and oxygen atoms in total. The Morgan fingerprint density at radius 1 is 1.17 bits per heavy atom. The molecule has 0 spiro atoms. The molecular weight excluding hydrogens is 461 g/mol. The van der Waals surface area contributed by atoms with E-state index in [-0.39, 0.29) is 17.9 Å². The molecule has 2 aromatic rings. The molecule has 2 amide bonds. The molecule has 9 heteroatoms. The van der Waals surface area contributed by atoms with Crippen LogP contribution in [-0.4, -0.2) is 56.1 Å². The number of urea groups is 1.